The topological polar surface area (TPSA) is 109 Å². The van der Waals surface area contributed by atoms with Crippen molar-refractivity contribution >= 4 is 16.0 Å². The molecule has 0 unspecified atom stereocenters. The van der Waals surface area contributed by atoms with Crippen LogP contribution in [0.1, 0.15) is 31.9 Å². The molecule has 1 aromatic heterocycles. The first-order valence-electron chi connectivity index (χ1n) is 10.0. The van der Waals surface area contributed by atoms with Gasteiger partial charge in [0.1, 0.15) is 12.0 Å². The first-order chi connectivity index (χ1) is 14.1. The monoisotopic (exact) mass is 419 g/mol. The van der Waals surface area contributed by atoms with Gasteiger partial charge in [-0.05, 0) is 37.8 Å². The Bertz CT molecular complexity index is 892. The van der Waals surface area contributed by atoms with Crippen molar-refractivity contribution in [3.05, 3.63) is 42.3 Å². The molecule has 1 aromatic carbocycles. The number of rotatable bonds is 10. The van der Waals surface area contributed by atoms with Crippen LogP contribution in [0.5, 0.6) is 0 Å². The molecule has 3 rings (SSSR count). The van der Waals surface area contributed by atoms with Crippen LogP contribution in [0.3, 0.4) is 0 Å². The van der Waals surface area contributed by atoms with Gasteiger partial charge < -0.3 is 15.1 Å². The Morgan fingerprint density at radius 3 is 2.72 bits per heavy atom. The fraction of sp³-hybridized carbons (Fsp3) is 0.500. The summed E-state index contributed by atoms with van der Waals surface area (Å²) in [6.45, 7) is 3.79. The normalized spacial score (nSPS) is 15.1. The minimum atomic E-state index is -3.28. The van der Waals surface area contributed by atoms with E-state index in [4.69, 9.17) is 4.42 Å². The number of guanidine groups is 1. The number of sulfonamides is 1. The average Bonchev–Trinajstić information content (AvgIpc) is 3.14. The predicted molar refractivity (Wildman–Crippen MR) is 114 cm³/mol. The Labute approximate surface area is 172 Å². The van der Waals surface area contributed by atoms with Crippen LogP contribution in [0.15, 0.2) is 46.0 Å². The minimum absolute atomic E-state index is 0.00620. The number of aromatic nitrogens is 1. The zero-order valence-corrected chi connectivity index (χ0v) is 17.5. The van der Waals surface area contributed by atoms with Crippen LogP contribution in [-0.4, -0.2) is 44.7 Å². The van der Waals surface area contributed by atoms with Crippen LogP contribution in [-0.2, 0) is 16.6 Å². The third-order valence-corrected chi connectivity index (χ3v) is 6.14. The van der Waals surface area contributed by atoms with Crippen molar-refractivity contribution in [1.29, 1.82) is 0 Å². The predicted octanol–water partition coefficient (Wildman–Crippen LogP) is 2.12. The molecule has 0 radical (unpaired) electrons. The molecular formula is C20H29N5O3S. The first-order valence-corrected chi connectivity index (χ1v) is 11.7. The number of aliphatic imine (C=N–C) groups is 1. The van der Waals surface area contributed by atoms with E-state index < -0.39 is 10.0 Å². The van der Waals surface area contributed by atoms with E-state index in [-0.39, 0.29) is 12.3 Å². The van der Waals surface area contributed by atoms with Crippen LogP contribution in [0.4, 0.5) is 0 Å². The number of oxazole rings is 1. The lowest BCUT2D eigenvalue weighted by atomic mass is 9.86. The largest absolute Gasteiger partial charge is 0.444 e. The van der Waals surface area contributed by atoms with E-state index in [0.29, 0.717) is 43.1 Å². The van der Waals surface area contributed by atoms with Gasteiger partial charge in [-0.3, -0.25) is 0 Å². The summed E-state index contributed by atoms with van der Waals surface area (Å²) in [6.07, 6.45) is 5.02. The van der Waals surface area contributed by atoms with E-state index in [1.165, 1.54) is 6.42 Å². The molecule has 2 aromatic rings. The minimum Gasteiger partial charge on any atom is -0.444 e. The van der Waals surface area contributed by atoms with Crippen LogP contribution >= 0.6 is 0 Å². The molecule has 0 atom stereocenters. The lowest BCUT2D eigenvalue weighted by Gasteiger charge is -2.25. The Morgan fingerprint density at radius 1 is 1.24 bits per heavy atom. The molecule has 0 amide bonds. The van der Waals surface area contributed by atoms with Crippen LogP contribution in [0.25, 0.3) is 11.5 Å². The lowest BCUT2D eigenvalue weighted by Crippen LogP contribution is -2.42. The molecule has 1 aliphatic carbocycles. The summed E-state index contributed by atoms with van der Waals surface area (Å²) in [7, 11) is -3.28. The van der Waals surface area contributed by atoms with Gasteiger partial charge in [0, 0.05) is 25.2 Å². The molecule has 0 spiro atoms. The molecule has 8 nitrogen and oxygen atoms in total. The molecular weight excluding hydrogens is 390 g/mol. The van der Waals surface area contributed by atoms with Crippen molar-refractivity contribution in [3.63, 3.8) is 0 Å². The Morgan fingerprint density at radius 2 is 2.03 bits per heavy atom. The standard InChI is InChI=1S/C20H29N5O3S/c1-2-21-20(22-11-12-29(26,27)24-13-16-7-6-8-16)23-14-18-15-28-19(25-18)17-9-4-3-5-10-17/h3-5,9-10,15-16,24H,2,6-8,11-14H2,1H3,(H2,21,22,23). The molecule has 1 saturated carbocycles. The molecule has 29 heavy (non-hydrogen) atoms. The average molecular weight is 420 g/mol. The highest BCUT2D eigenvalue weighted by Gasteiger charge is 2.20. The van der Waals surface area contributed by atoms with Gasteiger partial charge in [-0.2, -0.15) is 0 Å². The van der Waals surface area contributed by atoms with E-state index in [0.717, 1.165) is 18.4 Å². The number of hydrogen-bond acceptors (Lipinski definition) is 5. The van der Waals surface area contributed by atoms with Gasteiger partial charge in [0.05, 0.1) is 12.3 Å². The van der Waals surface area contributed by atoms with Gasteiger partial charge in [-0.1, -0.05) is 24.6 Å². The summed E-state index contributed by atoms with van der Waals surface area (Å²) in [5.41, 5.74) is 1.61. The lowest BCUT2D eigenvalue weighted by molar-refractivity contribution is 0.316. The maximum Gasteiger partial charge on any atom is 0.226 e. The van der Waals surface area contributed by atoms with Crippen molar-refractivity contribution < 1.29 is 12.8 Å². The van der Waals surface area contributed by atoms with Crippen molar-refractivity contribution in [2.45, 2.75) is 32.7 Å². The van der Waals surface area contributed by atoms with Crippen molar-refractivity contribution in [2.24, 2.45) is 10.9 Å². The summed E-state index contributed by atoms with van der Waals surface area (Å²) in [4.78, 5) is 8.91. The van der Waals surface area contributed by atoms with Crippen molar-refractivity contribution in [2.75, 3.05) is 25.4 Å². The second-order valence-electron chi connectivity index (χ2n) is 7.10. The molecule has 1 heterocycles. The molecule has 3 N–H and O–H groups in total. The molecule has 158 valence electrons. The summed E-state index contributed by atoms with van der Waals surface area (Å²) in [5, 5.41) is 6.17. The van der Waals surface area contributed by atoms with E-state index in [1.807, 2.05) is 37.3 Å². The highest BCUT2D eigenvalue weighted by atomic mass is 32.2. The summed E-state index contributed by atoms with van der Waals surface area (Å²) in [5.74, 6) is 1.61. The third-order valence-electron chi connectivity index (χ3n) is 4.80. The zero-order valence-electron chi connectivity index (χ0n) is 16.7. The SMILES string of the molecule is CCNC(=NCc1coc(-c2ccccc2)n1)NCCS(=O)(=O)NCC1CCC1. The van der Waals surface area contributed by atoms with Crippen molar-refractivity contribution in [1.82, 2.24) is 20.3 Å². The Kier molecular flexibility index (Phi) is 7.65. The van der Waals surface area contributed by atoms with Gasteiger partial charge >= 0.3 is 0 Å². The fourth-order valence-electron chi connectivity index (χ4n) is 2.91. The Balaban J connectivity index is 1.48. The summed E-state index contributed by atoms with van der Waals surface area (Å²) >= 11 is 0. The first kappa shape index (κ1) is 21.3. The van der Waals surface area contributed by atoms with Crippen molar-refractivity contribution in [3.8, 4) is 11.5 Å². The quantitative estimate of drug-likeness (QED) is 0.402. The number of hydrogen-bond donors (Lipinski definition) is 3. The molecule has 0 saturated heterocycles. The molecule has 9 heteroatoms. The molecule has 1 fully saturated rings. The van der Waals surface area contributed by atoms with Gasteiger partial charge in [-0.25, -0.2) is 23.1 Å². The van der Waals surface area contributed by atoms with Gasteiger partial charge in [0.15, 0.2) is 5.96 Å². The summed E-state index contributed by atoms with van der Waals surface area (Å²) in [6, 6.07) is 9.67. The molecule has 0 bridgehead atoms. The third kappa shape index (κ3) is 6.86. The number of nitrogens with zero attached hydrogens (tertiary/aromatic N) is 2. The number of nitrogens with one attached hydrogen (secondary N) is 3. The second kappa shape index (κ2) is 10.4. The zero-order chi connectivity index (χ0) is 20.5. The molecule has 0 aliphatic heterocycles. The highest BCUT2D eigenvalue weighted by molar-refractivity contribution is 7.89. The van der Waals surface area contributed by atoms with Gasteiger partial charge in [0.25, 0.3) is 0 Å². The Hall–Kier alpha value is -2.39. The second-order valence-corrected chi connectivity index (χ2v) is 9.02. The number of benzene rings is 1. The maximum absolute atomic E-state index is 12.1. The van der Waals surface area contributed by atoms with E-state index in [2.05, 4.69) is 25.3 Å². The van der Waals surface area contributed by atoms with Crippen LogP contribution < -0.4 is 15.4 Å². The van der Waals surface area contributed by atoms with E-state index >= 15 is 0 Å². The maximum atomic E-state index is 12.1. The van der Waals surface area contributed by atoms with Crippen LogP contribution in [0, 0.1) is 5.92 Å². The smallest absolute Gasteiger partial charge is 0.226 e. The van der Waals surface area contributed by atoms with E-state index in [1.54, 1.807) is 6.26 Å². The van der Waals surface area contributed by atoms with E-state index in [9.17, 15) is 8.42 Å². The highest BCUT2D eigenvalue weighted by Crippen LogP contribution is 2.25. The fourth-order valence-corrected chi connectivity index (χ4v) is 3.92. The van der Waals surface area contributed by atoms with Gasteiger partial charge in [0.2, 0.25) is 15.9 Å². The van der Waals surface area contributed by atoms with Crippen LogP contribution in [0.2, 0.25) is 0 Å². The summed E-state index contributed by atoms with van der Waals surface area (Å²) < 4.78 is 32.4. The van der Waals surface area contributed by atoms with Gasteiger partial charge in [-0.15, -0.1) is 0 Å². The molecule has 1 aliphatic rings.